The van der Waals surface area contributed by atoms with Gasteiger partial charge in [-0.1, -0.05) is 41.9 Å². The topological polar surface area (TPSA) is 79.7 Å². The highest BCUT2D eigenvalue weighted by Gasteiger charge is 2.24. The molecule has 1 aliphatic heterocycles. The number of piperidine rings is 1. The van der Waals surface area contributed by atoms with Gasteiger partial charge in [0.15, 0.2) is 0 Å². The monoisotopic (exact) mass is 524 g/mol. The van der Waals surface area contributed by atoms with Crippen LogP contribution in [0.3, 0.4) is 0 Å². The Hall–Kier alpha value is -2.91. The van der Waals surface area contributed by atoms with Crippen molar-refractivity contribution in [3.8, 4) is 22.6 Å². The summed E-state index contributed by atoms with van der Waals surface area (Å²) < 4.78 is 10.9. The summed E-state index contributed by atoms with van der Waals surface area (Å²) in [6.07, 6.45) is 2.99. The first kappa shape index (κ1) is 24.8. The van der Waals surface area contributed by atoms with Crippen molar-refractivity contribution in [2.24, 2.45) is 0 Å². The zero-order chi connectivity index (χ0) is 24.9. The maximum Gasteiger partial charge on any atom is 0.141 e. The number of nitrogens with zero attached hydrogens (tertiary/aromatic N) is 3. The zero-order valence-corrected chi connectivity index (χ0v) is 21.6. The molecular weight excluding hydrogens is 496 g/mol. The number of nitrogens with one attached hydrogen (secondary N) is 1. The van der Waals surface area contributed by atoms with E-state index < -0.39 is 6.10 Å². The van der Waals surface area contributed by atoms with Crippen LogP contribution in [0, 0.1) is 0 Å². The van der Waals surface area contributed by atoms with Crippen LogP contribution in [0.2, 0.25) is 5.02 Å². The van der Waals surface area contributed by atoms with E-state index in [0.29, 0.717) is 29.1 Å². The molecule has 4 aromatic rings. The molecule has 1 fully saturated rings. The molecule has 2 aromatic carbocycles. The molecule has 1 aliphatic rings. The van der Waals surface area contributed by atoms with Crippen LogP contribution in [-0.4, -0.2) is 60.6 Å². The molecule has 1 saturated heterocycles. The van der Waals surface area contributed by atoms with Crippen LogP contribution in [0.4, 0.5) is 5.82 Å². The number of aliphatic hydroxyl groups excluding tert-OH is 1. The number of aromatic nitrogens is 2. The minimum atomic E-state index is -0.620. The molecule has 1 unspecified atom stereocenters. The molecule has 5 rings (SSSR count). The second-order valence-corrected chi connectivity index (χ2v) is 10.1. The summed E-state index contributed by atoms with van der Waals surface area (Å²) in [4.78, 5) is 12.6. The fourth-order valence-corrected chi connectivity index (χ4v) is 5.61. The van der Waals surface area contributed by atoms with Crippen molar-refractivity contribution in [3.63, 3.8) is 0 Å². The van der Waals surface area contributed by atoms with E-state index in [1.165, 1.54) is 11.1 Å². The van der Waals surface area contributed by atoms with Gasteiger partial charge in [0, 0.05) is 42.7 Å². The highest BCUT2D eigenvalue weighted by atomic mass is 35.5. The zero-order valence-electron chi connectivity index (χ0n) is 20.1. The van der Waals surface area contributed by atoms with Gasteiger partial charge in [-0.05, 0) is 30.5 Å². The normalized spacial score (nSPS) is 15.2. The highest BCUT2D eigenvalue weighted by molar-refractivity contribution is 7.17. The number of hydrogen-bond donors (Lipinski definition) is 2. The second-order valence-electron chi connectivity index (χ2n) is 8.82. The minimum Gasteiger partial charge on any atom is -0.495 e. The lowest BCUT2D eigenvalue weighted by Crippen LogP contribution is -2.45. The number of rotatable bonds is 9. The summed E-state index contributed by atoms with van der Waals surface area (Å²) >= 11 is 7.71. The SMILES string of the molecule is COc1cc(OCC(O)CNC2CCN(c3ncnc4scc(-c5ccccc5)c34)CC2)ccc1Cl. The first-order valence-electron chi connectivity index (χ1n) is 12.0. The van der Waals surface area contributed by atoms with Crippen molar-refractivity contribution in [2.75, 3.05) is 38.3 Å². The molecule has 0 amide bonds. The van der Waals surface area contributed by atoms with Gasteiger partial charge in [0.2, 0.25) is 0 Å². The molecule has 0 saturated carbocycles. The van der Waals surface area contributed by atoms with Crippen molar-refractivity contribution in [2.45, 2.75) is 25.0 Å². The number of methoxy groups -OCH3 is 1. The lowest BCUT2D eigenvalue weighted by molar-refractivity contribution is 0.102. The van der Waals surface area contributed by atoms with Crippen LogP contribution in [0.15, 0.2) is 60.2 Å². The van der Waals surface area contributed by atoms with Gasteiger partial charge in [-0.25, -0.2) is 9.97 Å². The fourth-order valence-electron chi connectivity index (χ4n) is 4.51. The average molecular weight is 525 g/mol. The first-order valence-corrected chi connectivity index (χ1v) is 13.3. The van der Waals surface area contributed by atoms with Crippen LogP contribution < -0.4 is 19.7 Å². The third-order valence-electron chi connectivity index (χ3n) is 6.44. The largest absolute Gasteiger partial charge is 0.495 e. The predicted octanol–water partition coefficient (Wildman–Crippen LogP) is 5.02. The van der Waals surface area contributed by atoms with Crippen LogP contribution in [0.5, 0.6) is 11.5 Å². The van der Waals surface area contributed by atoms with Crippen LogP contribution in [0.25, 0.3) is 21.3 Å². The number of hydrogen-bond acceptors (Lipinski definition) is 8. The van der Waals surface area contributed by atoms with Crippen LogP contribution >= 0.6 is 22.9 Å². The van der Waals surface area contributed by atoms with E-state index in [2.05, 4.69) is 49.8 Å². The van der Waals surface area contributed by atoms with Crippen LogP contribution in [-0.2, 0) is 0 Å². The Morgan fingerprint density at radius 3 is 2.75 bits per heavy atom. The molecular formula is C27H29ClN4O3S. The summed E-state index contributed by atoms with van der Waals surface area (Å²) in [5, 5.41) is 17.7. The Balaban J connectivity index is 1.15. The molecule has 9 heteroatoms. The van der Waals surface area contributed by atoms with E-state index in [1.807, 2.05) is 6.07 Å². The van der Waals surface area contributed by atoms with Gasteiger partial charge in [0.25, 0.3) is 0 Å². The average Bonchev–Trinajstić information content (AvgIpc) is 3.37. The molecule has 3 heterocycles. The lowest BCUT2D eigenvalue weighted by Gasteiger charge is -2.34. The number of benzene rings is 2. The van der Waals surface area contributed by atoms with E-state index in [0.717, 1.165) is 42.0 Å². The smallest absolute Gasteiger partial charge is 0.141 e. The van der Waals surface area contributed by atoms with Crippen molar-refractivity contribution in [1.82, 2.24) is 15.3 Å². The Labute approximate surface area is 219 Å². The van der Waals surface area contributed by atoms with E-state index in [4.69, 9.17) is 21.1 Å². The molecule has 2 N–H and O–H groups in total. The van der Waals surface area contributed by atoms with Crippen molar-refractivity contribution < 1.29 is 14.6 Å². The van der Waals surface area contributed by atoms with Gasteiger partial charge in [-0.3, -0.25) is 0 Å². The Bertz CT molecular complexity index is 1290. The van der Waals surface area contributed by atoms with Crippen molar-refractivity contribution >= 4 is 39.0 Å². The van der Waals surface area contributed by atoms with Crippen molar-refractivity contribution in [1.29, 1.82) is 0 Å². The van der Waals surface area contributed by atoms with Gasteiger partial charge in [0.05, 0.1) is 17.5 Å². The standard InChI is InChI=1S/C27H29ClN4O3S/c1-34-24-13-21(7-8-23(24)28)35-15-20(33)14-29-19-9-11-32(12-10-19)26-25-22(18-5-3-2-4-6-18)16-36-27(25)31-17-30-26/h2-8,13,16-17,19-20,29,33H,9-12,14-15H2,1H3. The highest BCUT2D eigenvalue weighted by Crippen LogP contribution is 2.38. The quantitative estimate of drug-likeness (QED) is 0.318. The van der Waals surface area contributed by atoms with Gasteiger partial charge < -0.3 is 24.8 Å². The molecule has 0 spiro atoms. The summed E-state index contributed by atoms with van der Waals surface area (Å²) in [7, 11) is 1.56. The molecule has 2 aromatic heterocycles. The summed E-state index contributed by atoms with van der Waals surface area (Å²) in [5.41, 5.74) is 2.37. The second kappa shape index (κ2) is 11.4. The Morgan fingerprint density at radius 1 is 1.17 bits per heavy atom. The van der Waals surface area contributed by atoms with Gasteiger partial charge in [-0.2, -0.15) is 0 Å². The number of thiophene rings is 1. The van der Waals surface area contributed by atoms with Gasteiger partial charge in [0.1, 0.15) is 41.2 Å². The number of aliphatic hydroxyl groups is 1. The molecule has 0 bridgehead atoms. The van der Waals surface area contributed by atoms with Crippen LogP contribution in [0.1, 0.15) is 12.8 Å². The maximum absolute atomic E-state index is 10.4. The summed E-state index contributed by atoms with van der Waals surface area (Å²) in [5.74, 6) is 2.17. The molecule has 1 atom stereocenters. The molecule has 188 valence electrons. The van der Waals surface area contributed by atoms with E-state index in [9.17, 15) is 5.11 Å². The fraction of sp³-hybridized carbons (Fsp3) is 0.333. The number of halogens is 1. The predicted molar refractivity (Wildman–Crippen MR) is 146 cm³/mol. The molecule has 36 heavy (non-hydrogen) atoms. The van der Waals surface area contributed by atoms with Gasteiger partial charge >= 0.3 is 0 Å². The summed E-state index contributed by atoms with van der Waals surface area (Å²) in [6, 6.07) is 16.0. The Kier molecular flexibility index (Phi) is 7.87. The molecule has 0 aliphatic carbocycles. The molecule has 7 nitrogen and oxygen atoms in total. The molecule has 0 radical (unpaired) electrons. The van der Waals surface area contributed by atoms with E-state index in [-0.39, 0.29) is 6.61 Å². The van der Waals surface area contributed by atoms with E-state index in [1.54, 1.807) is 43.0 Å². The third kappa shape index (κ3) is 5.57. The first-order chi connectivity index (χ1) is 17.6. The maximum atomic E-state index is 10.4. The number of anilines is 1. The lowest BCUT2D eigenvalue weighted by atomic mass is 10.0. The van der Waals surface area contributed by atoms with E-state index >= 15 is 0 Å². The third-order valence-corrected chi connectivity index (χ3v) is 7.64. The minimum absolute atomic E-state index is 0.190. The number of fused-ring (bicyclic) bond motifs is 1. The summed E-state index contributed by atoms with van der Waals surface area (Å²) in [6.45, 7) is 2.45. The van der Waals surface area contributed by atoms with Crippen molar-refractivity contribution in [3.05, 3.63) is 65.3 Å². The Morgan fingerprint density at radius 2 is 1.97 bits per heavy atom. The number of ether oxygens (including phenoxy) is 2. The van der Waals surface area contributed by atoms with Gasteiger partial charge in [-0.15, -0.1) is 11.3 Å².